The third-order valence-electron chi connectivity index (χ3n) is 3.88. The third-order valence-corrected chi connectivity index (χ3v) is 3.88. The number of allylic oxidation sites excluding steroid dienone is 1. The van der Waals surface area contributed by atoms with Crippen molar-refractivity contribution < 1.29 is 9.53 Å². The zero-order valence-corrected chi connectivity index (χ0v) is 14.1. The third kappa shape index (κ3) is 4.32. The normalized spacial score (nSPS) is 13.8. The molecular weight excluding hydrogens is 284 g/mol. The van der Waals surface area contributed by atoms with Crippen LogP contribution >= 0.6 is 0 Å². The first kappa shape index (κ1) is 17.0. The first-order valence-corrected chi connectivity index (χ1v) is 8.26. The molecule has 0 bridgehead atoms. The Balaban J connectivity index is 0.000000924. The Labute approximate surface area is 138 Å². The number of fused-ring (bicyclic) bond motifs is 1. The molecule has 0 amide bonds. The van der Waals surface area contributed by atoms with E-state index in [1.807, 2.05) is 69.3 Å². The van der Waals surface area contributed by atoms with Crippen LogP contribution in [0.1, 0.15) is 43.6 Å². The van der Waals surface area contributed by atoms with Crippen LogP contribution in [0.4, 0.5) is 0 Å². The summed E-state index contributed by atoms with van der Waals surface area (Å²) in [6, 6.07) is 18.1. The van der Waals surface area contributed by atoms with Crippen molar-refractivity contribution in [2.45, 2.75) is 39.7 Å². The Hall–Kier alpha value is -2.35. The molecule has 2 aromatic carbocycles. The average Bonchev–Trinajstić information content (AvgIpc) is 2.63. The van der Waals surface area contributed by atoms with E-state index in [-0.39, 0.29) is 12.1 Å². The standard InChI is InChI=1S/C19H18O2.C2H6/c1-14(15-7-3-2-4-8-15)21-19(20)18-12-11-16-9-5-6-10-17(16)13-18;1-2/h2-10,12,14H,11,13H2,1H3;1-2H3/t14-;/m1./s1. The Morgan fingerprint density at radius 3 is 2.26 bits per heavy atom. The molecule has 1 aliphatic rings. The maximum Gasteiger partial charge on any atom is 0.334 e. The van der Waals surface area contributed by atoms with E-state index in [1.54, 1.807) is 0 Å². The smallest absolute Gasteiger partial charge is 0.334 e. The van der Waals surface area contributed by atoms with Gasteiger partial charge in [0, 0.05) is 12.0 Å². The van der Waals surface area contributed by atoms with Gasteiger partial charge in [0.2, 0.25) is 0 Å². The molecule has 23 heavy (non-hydrogen) atoms. The quantitative estimate of drug-likeness (QED) is 0.742. The lowest BCUT2D eigenvalue weighted by molar-refractivity contribution is -0.144. The molecule has 0 spiro atoms. The molecule has 2 aromatic rings. The molecule has 1 aliphatic carbocycles. The van der Waals surface area contributed by atoms with Crippen molar-refractivity contribution in [3.05, 3.63) is 82.9 Å². The lowest BCUT2D eigenvalue weighted by Crippen LogP contribution is -2.16. The molecule has 0 saturated heterocycles. The highest BCUT2D eigenvalue weighted by atomic mass is 16.5. The zero-order chi connectivity index (χ0) is 16.7. The first-order chi connectivity index (χ1) is 11.2. The summed E-state index contributed by atoms with van der Waals surface area (Å²) in [6.07, 6.45) is 3.23. The number of hydrogen-bond donors (Lipinski definition) is 0. The molecule has 3 rings (SSSR count). The number of carbonyl (C=O) groups excluding carboxylic acids is 1. The van der Waals surface area contributed by atoms with Gasteiger partial charge < -0.3 is 4.74 Å². The van der Waals surface area contributed by atoms with Crippen molar-refractivity contribution in [2.24, 2.45) is 0 Å². The SMILES string of the molecule is CC.C[C@@H](OC(=O)C1=CCc2ccccc2C1)c1ccccc1. The number of rotatable bonds is 3. The van der Waals surface area contributed by atoms with Crippen LogP contribution in [0.25, 0.3) is 0 Å². The van der Waals surface area contributed by atoms with Crippen molar-refractivity contribution in [1.29, 1.82) is 0 Å². The van der Waals surface area contributed by atoms with Crippen LogP contribution in [0.3, 0.4) is 0 Å². The van der Waals surface area contributed by atoms with Crippen LogP contribution in [-0.4, -0.2) is 5.97 Å². The van der Waals surface area contributed by atoms with Gasteiger partial charge >= 0.3 is 5.97 Å². The average molecular weight is 308 g/mol. The molecule has 0 fully saturated rings. The van der Waals surface area contributed by atoms with E-state index >= 15 is 0 Å². The maximum absolute atomic E-state index is 12.3. The van der Waals surface area contributed by atoms with Crippen LogP contribution in [-0.2, 0) is 22.4 Å². The summed E-state index contributed by atoms with van der Waals surface area (Å²) in [7, 11) is 0. The van der Waals surface area contributed by atoms with E-state index < -0.39 is 0 Å². The number of ether oxygens (including phenoxy) is 1. The molecule has 0 saturated carbocycles. The van der Waals surface area contributed by atoms with Crippen LogP contribution in [0.2, 0.25) is 0 Å². The van der Waals surface area contributed by atoms with E-state index in [0.717, 1.165) is 17.6 Å². The summed E-state index contributed by atoms with van der Waals surface area (Å²) in [4.78, 5) is 12.3. The second-order valence-electron chi connectivity index (χ2n) is 5.34. The minimum atomic E-state index is -0.225. The number of benzene rings is 2. The summed E-state index contributed by atoms with van der Waals surface area (Å²) in [5.41, 5.74) is 4.30. The van der Waals surface area contributed by atoms with Gasteiger partial charge in [0.15, 0.2) is 0 Å². The molecule has 1 atom stereocenters. The predicted molar refractivity (Wildman–Crippen MR) is 94.2 cm³/mol. The van der Waals surface area contributed by atoms with Crippen LogP contribution < -0.4 is 0 Å². The van der Waals surface area contributed by atoms with Gasteiger partial charge in [-0.25, -0.2) is 4.79 Å². The second kappa shape index (κ2) is 8.33. The number of esters is 1. The molecule has 0 unspecified atom stereocenters. The van der Waals surface area contributed by atoms with Crippen molar-refractivity contribution in [2.75, 3.05) is 0 Å². The molecule has 2 heteroatoms. The number of carbonyl (C=O) groups is 1. The van der Waals surface area contributed by atoms with Gasteiger partial charge in [-0.15, -0.1) is 0 Å². The minimum absolute atomic E-state index is 0.208. The van der Waals surface area contributed by atoms with Gasteiger partial charge in [-0.05, 0) is 30.0 Å². The highest BCUT2D eigenvalue weighted by molar-refractivity contribution is 5.89. The van der Waals surface area contributed by atoms with Crippen molar-refractivity contribution in [1.82, 2.24) is 0 Å². The van der Waals surface area contributed by atoms with Crippen LogP contribution in [0.15, 0.2) is 66.2 Å². The van der Waals surface area contributed by atoms with Crippen molar-refractivity contribution >= 4 is 5.97 Å². The Kier molecular flexibility index (Phi) is 6.16. The monoisotopic (exact) mass is 308 g/mol. The van der Waals surface area contributed by atoms with Crippen LogP contribution in [0.5, 0.6) is 0 Å². The molecule has 0 heterocycles. The maximum atomic E-state index is 12.3. The van der Waals surface area contributed by atoms with Gasteiger partial charge in [-0.1, -0.05) is 74.5 Å². The highest BCUT2D eigenvalue weighted by Gasteiger charge is 2.19. The van der Waals surface area contributed by atoms with E-state index in [0.29, 0.717) is 6.42 Å². The van der Waals surface area contributed by atoms with E-state index in [2.05, 4.69) is 12.1 Å². The van der Waals surface area contributed by atoms with Gasteiger partial charge in [0.05, 0.1) is 0 Å². The van der Waals surface area contributed by atoms with Gasteiger partial charge in [0.25, 0.3) is 0 Å². The highest BCUT2D eigenvalue weighted by Crippen LogP contribution is 2.24. The summed E-state index contributed by atoms with van der Waals surface area (Å²) in [5, 5.41) is 0. The molecule has 2 nitrogen and oxygen atoms in total. The Bertz CT molecular complexity index is 671. The van der Waals surface area contributed by atoms with Crippen LogP contribution in [0, 0.1) is 0 Å². The topological polar surface area (TPSA) is 26.3 Å². The van der Waals surface area contributed by atoms with E-state index in [1.165, 1.54) is 11.1 Å². The molecule has 0 aromatic heterocycles. The minimum Gasteiger partial charge on any atom is -0.454 e. The largest absolute Gasteiger partial charge is 0.454 e. The summed E-state index contributed by atoms with van der Waals surface area (Å²) in [6.45, 7) is 5.91. The van der Waals surface area contributed by atoms with Gasteiger partial charge in [-0.3, -0.25) is 0 Å². The lowest BCUT2D eigenvalue weighted by atomic mass is 9.92. The molecule has 0 aliphatic heterocycles. The fraction of sp³-hybridized carbons (Fsp3) is 0.286. The Morgan fingerprint density at radius 2 is 1.57 bits per heavy atom. The predicted octanol–water partition coefficient (Wildman–Crippen LogP) is 5.04. The van der Waals surface area contributed by atoms with E-state index in [9.17, 15) is 4.79 Å². The van der Waals surface area contributed by atoms with Gasteiger partial charge in [-0.2, -0.15) is 0 Å². The number of hydrogen-bond acceptors (Lipinski definition) is 2. The lowest BCUT2D eigenvalue weighted by Gasteiger charge is -2.19. The summed E-state index contributed by atoms with van der Waals surface area (Å²) >= 11 is 0. The van der Waals surface area contributed by atoms with Crippen molar-refractivity contribution in [3.8, 4) is 0 Å². The molecule has 0 radical (unpaired) electrons. The van der Waals surface area contributed by atoms with Crippen molar-refractivity contribution in [3.63, 3.8) is 0 Å². The molecular formula is C21H24O2. The van der Waals surface area contributed by atoms with E-state index in [4.69, 9.17) is 4.74 Å². The first-order valence-electron chi connectivity index (χ1n) is 8.26. The van der Waals surface area contributed by atoms with Gasteiger partial charge in [0.1, 0.15) is 6.10 Å². The summed E-state index contributed by atoms with van der Waals surface area (Å²) < 4.78 is 5.58. The molecule has 120 valence electrons. The fourth-order valence-electron chi connectivity index (χ4n) is 2.62. The second-order valence-corrected chi connectivity index (χ2v) is 5.34. The Morgan fingerprint density at radius 1 is 0.957 bits per heavy atom. The molecule has 0 N–H and O–H groups in total. The zero-order valence-electron chi connectivity index (χ0n) is 14.1. The fourth-order valence-corrected chi connectivity index (χ4v) is 2.62. The summed E-state index contributed by atoms with van der Waals surface area (Å²) in [5.74, 6) is -0.208.